The fourth-order valence-corrected chi connectivity index (χ4v) is 1.54. The first-order valence-electron chi connectivity index (χ1n) is 5.79. The Balaban J connectivity index is 2.17. The van der Waals surface area contributed by atoms with Crippen molar-refractivity contribution in [3.63, 3.8) is 0 Å². The quantitative estimate of drug-likeness (QED) is 0.653. The summed E-state index contributed by atoms with van der Waals surface area (Å²) in [5.74, 6) is 0.699. The Morgan fingerprint density at radius 2 is 2.16 bits per heavy atom. The van der Waals surface area contributed by atoms with E-state index in [0.717, 1.165) is 5.69 Å². The van der Waals surface area contributed by atoms with Gasteiger partial charge in [0.15, 0.2) is 0 Å². The Labute approximate surface area is 110 Å². The highest BCUT2D eigenvalue weighted by Crippen LogP contribution is 2.17. The number of aromatic amines is 1. The summed E-state index contributed by atoms with van der Waals surface area (Å²) in [6, 6.07) is 2.82. The molecular weight excluding hydrogens is 246 g/mol. The smallest absolute Gasteiger partial charge is 0.325 e. The summed E-state index contributed by atoms with van der Waals surface area (Å²) >= 11 is 0. The normalized spacial score (nSPS) is 11.9. The number of aliphatic carboxylic acids is 1. The van der Waals surface area contributed by atoms with Crippen molar-refractivity contribution in [1.82, 2.24) is 15.0 Å². The van der Waals surface area contributed by atoms with Crippen molar-refractivity contribution < 1.29 is 9.90 Å². The van der Waals surface area contributed by atoms with Crippen LogP contribution in [0.5, 0.6) is 0 Å². The molecule has 0 saturated heterocycles. The zero-order chi connectivity index (χ0) is 13.8. The fourth-order valence-electron chi connectivity index (χ4n) is 1.54. The second-order valence-electron chi connectivity index (χ2n) is 4.11. The standard InChI is InChI=1S/C12H15N5O2/c1-7(12(18)19)14-10-5-11(16-8(2)15-10)17-9-3-4-13-6-9/h3-7,13H,1-2H3,(H,18,19)(H2,14,15,16,17). The number of H-pyrrole nitrogens is 1. The Kier molecular flexibility index (Phi) is 3.65. The lowest BCUT2D eigenvalue weighted by atomic mass is 10.3. The van der Waals surface area contributed by atoms with Crippen LogP contribution in [0.25, 0.3) is 0 Å². The average molecular weight is 261 g/mol. The Morgan fingerprint density at radius 1 is 1.42 bits per heavy atom. The van der Waals surface area contributed by atoms with Gasteiger partial charge in [-0.2, -0.15) is 0 Å². The molecule has 2 aromatic rings. The van der Waals surface area contributed by atoms with Crippen LogP contribution in [0.1, 0.15) is 12.7 Å². The maximum atomic E-state index is 10.8. The van der Waals surface area contributed by atoms with Crippen molar-refractivity contribution >= 4 is 23.3 Å². The lowest BCUT2D eigenvalue weighted by Gasteiger charge is -2.12. The largest absolute Gasteiger partial charge is 0.480 e. The van der Waals surface area contributed by atoms with E-state index in [-0.39, 0.29) is 0 Å². The van der Waals surface area contributed by atoms with E-state index < -0.39 is 12.0 Å². The first-order valence-corrected chi connectivity index (χ1v) is 5.79. The topological polar surface area (TPSA) is 103 Å². The molecule has 1 unspecified atom stereocenters. The molecule has 7 heteroatoms. The summed E-state index contributed by atoms with van der Waals surface area (Å²) < 4.78 is 0. The number of hydrogen-bond acceptors (Lipinski definition) is 5. The van der Waals surface area contributed by atoms with Crippen molar-refractivity contribution in [3.8, 4) is 0 Å². The maximum Gasteiger partial charge on any atom is 0.325 e. The molecule has 0 spiro atoms. The van der Waals surface area contributed by atoms with Crippen molar-refractivity contribution in [2.45, 2.75) is 19.9 Å². The molecule has 0 saturated carbocycles. The predicted molar refractivity (Wildman–Crippen MR) is 71.6 cm³/mol. The number of nitrogens with one attached hydrogen (secondary N) is 3. The molecule has 0 aliphatic rings. The van der Waals surface area contributed by atoms with Crippen LogP contribution in [0, 0.1) is 6.92 Å². The second-order valence-corrected chi connectivity index (χ2v) is 4.11. The highest BCUT2D eigenvalue weighted by molar-refractivity contribution is 5.76. The molecule has 2 aromatic heterocycles. The number of carbonyl (C=O) groups is 1. The number of rotatable bonds is 5. The third kappa shape index (κ3) is 3.44. The van der Waals surface area contributed by atoms with Crippen molar-refractivity contribution in [1.29, 1.82) is 0 Å². The Morgan fingerprint density at radius 3 is 2.79 bits per heavy atom. The predicted octanol–water partition coefficient (Wildman–Crippen LogP) is 1.74. The summed E-state index contributed by atoms with van der Waals surface area (Å²) in [5.41, 5.74) is 0.871. The molecule has 0 aromatic carbocycles. The van der Waals surface area contributed by atoms with Crippen LogP contribution in [0.3, 0.4) is 0 Å². The van der Waals surface area contributed by atoms with E-state index in [1.807, 2.05) is 6.07 Å². The lowest BCUT2D eigenvalue weighted by molar-refractivity contribution is -0.137. The molecule has 2 rings (SSSR count). The van der Waals surface area contributed by atoms with Gasteiger partial charge in [0, 0.05) is 18.5 Å². The van der Waals surface area contributed by atoms with Crippen molar-refractivity contribution in [2.24, 2.45) is 0 Å². The molecular formula is C12H15N5O2. The number of nitrogens with zero attached hydrogens (tertiary/aromatic N) is 2. The lowest BCUT2D eigenvalue weighted by Crippen LogP contribution is -2.26. The third-order valence-electron chi connectivity index (χ3n) is 2.44. The summed E-state index contributed by atoms with van der Waals surface area (Å²) in [4.78, 5) is 22.1. The van der Waals surface area contributed by atoms with Gasteiger partial charge in [-0.15, -0.1) is 0 Å². The minimum absolute atomic E-state index is 0.473. The van der Waals surface area contributed by atoms with E-state index in [1.165, 1.54) is 0 Å². The summed E-state index contributed by atoms with van der Waals surface area (Å²) in [6.45, 7) is 3.30. The number of carboxylic acid groups (broad SMARTS) is 1. The van der Waals surface area contributed by atoms with Gasteiger partial charge in [-0.25, -0.2) is 9.97 Å². The van der Waals surface area contributed by atoms with Gasteiger partial charge in [-0.05, 0) is 19.9 Å². The van der Waals surface area contributed by atoms with E-state index in [0.29, 0.717) is 17.5 Å². The zero-order valence-electron chi connectivity index (χ0n) is 10.6. The molecule has 0 aliphatic heterocycles. The van der Waals surface area contributed by atoms with E-state index >= 15 is 0 Å². The van der Waals surface area contributed by atoms with Gasteiger partial charge in [0.1, 0.15) is 23.5 Å². The number of hydrogen-bond donors (Lipinski definition) is 4. The van der Waals surface area contributed by atoms with E-state index in [4.69, 9.17) is 5.11 Å². The highest BCUT2D eigenvalue weighted by Gasteiger charge is 2.12. The minimum atomic E-state index is -0.934. The van der Waals surface area contributed by atoms with Crippen LogP contribution >= 0.6 is 0 Å². The van der Waals surface area contributed by atoms with Gasteiger partial charge in [-0.1, -0.05) is 0 Å². The highest BCUT2D eigenvalue weighted by atomic mass is 16.4. The molecule has 19 heavy (non-hydrogen) atoms. The van der Waals surface area contributed by atoms with Gasteiger partial charge in [-0.3, -0.25) is 4.79 Å². The first kappa shape index (κ1) is 12.9. The van der Waals surface area contributed by atoms with E-state index in [1.54, 1.807) is 32.3 Å². The minimum Gasteiger partial charge on any atom is -0.480 e. The Bertz CT molecular complexity index is 568. The molecule has 2 heterocycles. The number of carboxylic acids is 1. The summed E-state index contributed by atoms with van der Waals surface area (Å²) in [5, 5.41) is 14.8. The second kappa shape index (κ2) is 5.38. The molecule has 0 aliphatic carbocycles. The zero-order valence-corrected chi connectivity index (χ0v) is 10.6. The SMILES string of the molecule is Cc1nc(Nc2cc[nH]c2)cc(NC(C)C(=O)O)n1. The third-order valence-corrected chi connectivity index (χ3v) is 2.44. The van der Waals surface area contributed by atoms with Gasteiger partial charge in [0.05, 0.1) is 5.69 Å². The molecule has 1 atom stereocenters. The van der Waals surface area contributed by atoms with Crippen LogP contribution < -0.4 is 10.6 Å². The van der Waals surface area contributed by atoms with Crippen LogP contribution in [-0.4, -0.2) is 32.1 Å². The van der Waals surface area contributed by atoms with Gasteiger partial charge in [0.2, 0.25) is 0 Å². The molecule has 7 nitrogen and oxygen atoms in total. The molecule has 4 N–H and O–H groups in total. The van der Waals surface area contributed by atoms with E-state index in [9.17, 15) is 4.79 Å². The van der Waals surface area contributed by atoms with Crippen LogP contribution in [-0.2, 0) is 4.79 Å². The van der Waals surface area contributed by atoms with Crippen molar-refractivity contribution in [3.05, 3.63) is 30.4 Å². The molecule has 0 bridgehead atoms. The number of aryl methyl sites for hydroxylation is 1. The monoisotopic (exact) mass is 261 g/mol. The summed E-state index contributed by atoms with van der Waals surface area (Å²) in [7, 11) is 0. The molecule has 0 amide bonds. The fraction of sp³-hybridized carbons (Fsp3) is 0.250. The van der Waals surface area contributed by atoms with Crippen LogP contribution in [0.4, 0.5) is 17.3 Å². The molecule has 0 fully saturated rings. The van der Waals surface area contributed by atoms with Gasteiger partial charge in [0.25, 0.3) is 0 Å². The van der Waals surface area contributed by atoms with Gasteiger partial charge >= 0.3 is 5.97 Å². The number of aromatic nitrogens is 3. The Hall–Kier alpha value is -2.57. The molecule has 100 valence electrons. The summed E-state index contributed by atoms with van der Waals surface area (Å²) in [6.07, 6.45) is 3.59. The van der Waals surface area contributed by atoms with Crippen LogP contribution in [0.2, 0.25) is 0 Å². The number of anilines is 3. The van der Waals surface area contributed by atoms with Crippen molar-refractivity contribution in [2.75, 3.05) is 10.6 Å². The van der Waals surface area contributed by atoms with Gasteiger partial charge < -0.3 is 20.7 Å². The molecule has 0 radical (unpaired) electrons. The first-order chi connectivity index (χ1) is 9.04. The van der Waals surface area contributed by atoms with Crippen LogP contribution in [0.15, 0.2) is 24.5 Å². The average Bonchev–Trinajstić information content (AvgIpc) is 2.80. The van der Waals surface area contributed by atoms with E-state index in [2.05, 4.69) is 25.6 Å². The maximum absolute atomic E-state index is 10.8.